The number of thioether (sulfide) groups is 1. The van der Waals surface area contributed by atoms with Gasteiger partial charge >= 0.3 is 6.61 Å². The predicted octanol–water partition coefficient (Wildman–Crippen LogP) is 3.03. The van der Waals surface area contributed by atoms with Gasteiger partial charge in [0.25, 0.3) is 0 Å². The maximum Gasteiger partial charge on any atom is 0.387 e. The molecule has 0 spiro atoms. The van der Waals surface area contributed by atoms with Crippen molar-refractivity contribution >= 4 is 16.8 Å². The highest BCUT2D eigenvalue weighted by Gasteiger charge is 2.05. The molecule has 2 nitrogen and oxygen atoms in total. The Morgan fingerprint density at radius 3 is 2.33 bits per heavy atom. The SMILES string of the molecule is CN=C(SC)c1ccc(OC(F)F)cc1. The Morgan fingerprint density at radius 1 is 1.33 bits per heavy atom. The van der Waals surface area contributed by atoms with Crippen molar-refractivity contribution in [3.05, 3.63) is 29.8 Å². The molecule has 0 atom stereocenters. The van der Waals surface area contributed by atoms with Crippen LogP contribution >= 0.6 is 11.8 Å². The predicted molar refractivity (Wildman–Crippen MR) is 59.1 cm³/mol. The molecule has 0 saturated carbocycles. The summed E-state index contributed by atoms with van der Waals surface area (Å²) in [6, 6.07) is 6.42. The molecule has 1 rings (SSSR count). The van der Waals surface area contributed by atoms with Crippen LogP contribution in [0.3, 0.4) is 0 Å². The molecular formula is C10H11F2NOS. The molecule has 0 fully saturated rings. The van der Waals surface area contributed by atoms with E-state index in [1.807, 2.05) is 6.26 Å². The van der Waals surface area contributed by atoms with Gasteiger partial charge in [-0.2, -0.15) is 8.78 Å². The van der Waals surface area contributed by atoms with E-state index in [2.05, 4.69) is 9.73 Å². The van der Waals surface area contributed by atoms with Crippen LogP contribution in [0.2, 0.25) is 0 Å². The van der Waals surface area contributed by atoms with Crippen molar-refractivity contribution in [3.63, 3.8) is 0 Å². The third-order valence-electron chi connectivity index (χ3n) is 1.72. The average molecular weight is 231 g/mol. The zero-order chi connectivity index (χ0) is 11.3. The molecule has 82 valence electrons. The largest absolute Gasteiger partial charge is 0.435 e. The van der Waals surface area contributed by atoms with Crippen molar-refractivity contribution < 1.29 is 13.5 Å². The van der Waals surface area contributed by atoms with E-state index < -0.39 is 6.61 Å². The summed E-state index contributed by atoms with van der Waals surface area (Å²) in [5.74, 6) is 0.158. The first-order valence-electron chi connectivity index (χ1n) is 4.23. The van der Waals surface area contributed by atoms with Crippen LogP contribution < -0.4 is 4.74 Å². The van der Waals surface area contributed by atoms with Crippen molar-refractivity contribution in [1.29, 1.82) is 0 Å². The molecule has 0 amide bonds. The van der Waals surface area contributed by atoms with E-state index in [0.717, 1.165) is 10.6 Å². The molecule has 0 bridgehead atoms. The second kappa shape index (κ2) is 5.70. The highest BCUT2D eigenvalue weighted by molar-refractivity contribution is 8.13. The van der Waals surface area contributed by atoms with Gasteiger partial charge < -0.3 is 4.74 Å². The van der Waals surface area contributed by atoms with E-state index in [9.17, 15) is 8.78 Å². The first kappa shape index (κ1) is 12.0. The van der Waals surface area contributed by atoms with E-state index in [1.165, 1.54) is 23.9 Å². The molecule has 0 saturated heterocycles. The molecule has 0 radical (unpaired) electrons. The lowest BCUT2D eigenvalue weighted by atomic mass is 10.2. The highest BCUT2D eigenvalue weighted by Crippen LogP contribution is 2.17. The third-order valence-corrected chi connectivity index (χ3v) is 2.53. The average Bonchev–Trinajstić information content (AvgIpc) is 2.21. The second-order valence-electron chi connectivity index (χ2n) is 2.64. The van der Waals surface area contributed by atoms with Gasteiger partial charge in [0, 0.05) is 12.6 Å². The van der Waals surface area contributed by atoms with Crippen LogP contribution in [0, 0.1) is 0 Å². The maximum absolute atomic E-state index is 11.9. The summed E-state index contributed by atoms with van der Waals surface area (Å²) in [4.78, 5) is 4.06. The van der Waals surface area contributed by atoms with Crippen LogP contribution in [0.25, 0.3) is 0 Å². The van der Waals surface area contributed by atoms with Crippen LogP contribution in [0.15, 0.2) is 29.3 Å². The van der Waals surface area contributed by atoms with Crippen LogP contribution in [0.1, 0.15) is 5.56 Å². The Bertz CT molecular complexity index is 338. The van der Waals surface area contributed by atoms with Gasteiger partial charge in [-0.1, -0.05) is 0 Å². The van der Waals surface area contributed by atoms with Crippen molar-refractivity contribution in [1.82, 2.24) is 0 Å². The molecular weight excluding hydrogens is 220 g/mol. The first-order chi connectivity index (χ1) is 7.17. The quantitative estimate of drug-likeness (QED) is 0.589. The lowest BCUT2D eigenvalue weighted by Gasteiger charge is -2.06. The molecule has 0 aliphatic rings. The summed E-state index contributed by atoms with van der Waals surface area (Å²) in [5, 5.41) is 0.860. The maximum atomic E-state index is 11.9. The summed E-state index contributed by atoms with van der Waals surface area (Å²) in [5.41, 5.74) is 0.895. The number of halogens is 2. The number of rotatable bonds is 3. The summed E-state index contributed by atoms with van der Waals surface area (Å²) in [6.07, 6.45) is 1.91. The van der Waals surface area contributed by atoms with Gasteiger partial charge in [-0.25, -0.2) is 0 Å². The number of alkyl halides is 2. The molecule has 5 heteroatoms. The zero-order valence-corrected chi connectivity index (χ0v) is 9.22. The van der Waals surface area contributed by atoms with Crippen LogP contribution in [-0.2, 0) is 0 Å². The first-order valence-corrected chi connectivity index (χ1v) is 5.46. The Balaban J connectivity index is 2.80. The fraction of sp³-hybridized carbons (Fsp3) is 0.300. The molecule has 0 N–H and O–H groups in total. The minimum absolute atomic E-state index is 0.158. The number of aliphatic imine (C=N–C) groups is 1. The Kier molecular flexibility index (Phi) is 4.55. The molecule has 15 heavy (non-hydrogen) atoms. The van der Waals surface area contributed by atoms with Crippen molar-refractivity contribution in [3.8, 4) is 5.75 Å². The number of ether oxygens (including phenoxy) is 1. The van der Waals surface area contributed by atoms with Gasteiger partial charge in [0.2, 0.25) is 0 Å². The highest BCUT2D eigenvalue weighted by atomic mass is 32.2. The summed E-state index contributed by atoms with van der Waals surface area (Å²) < 4.78 is 28.0. The summed E-state index contributed by atoms with van der Waals surface area (Å²) in [6.45, 7) is -2.78. The topological polar surface area (TPSA) is 21.6 Å². The minimum atomic E-state index is -2.78. The lowest BCUT2D eigenvalue weighted by molar-refractivity contribution is -0.0498. The zero-order valence-electron chi connectivity index (χ0n) is 8.41. The minimum Gasteiger partial charge on any atom is -0.435 e. The number of benzene rings is 1. The van der Waals surface area contributed by atoms with Gasteiger partial charge in [-0.15, -0.1) is 11.8 Å². The van der Waals surface area contributed by atoms with Crippen molar-refractivity contribution in [2.24, 2.45) is 4.99 Å². The molecule has 1 aromatic carbocycles. The second-order valence-corrected chi connectivity index (χ2v) is 3.43. The standard InChI is InChI=1S/C10H11F2NOS/c1-13-9(15-2)7-3-5-8(6-4-7)14-10(11)12/h3-6,10H,1-2H3. The lowest BCUT2D eigenvalue weighted by Crippen LogP contribution is -2.02. The Labute approximate surface area is 91.4 Å². The van der Waals surface area contributed by atoms with Crippen LogP contribution in [0.5, 0.6) is 5.75 Å². The van der Waals surface area contributed by atoms with E-state index >= 15 is 0 Å². The van der Waals surface area contributed by atoms with E-state index in [0.29, 0.717) is 0 Å². The fourth-order valence-corrected chi connectivity index (χ4v) is 1.67. The number of nitrogens with zero attached hydrogens (tertiary/aromatic N) is 1. The van der Waals surface area contributed by atoms with E-state index in [1.54, 1.807) is 19.2 Å². The molecule has 1 aromatic rings. The Hall–Kier alpha value is -1.10. The van der Waals surface area contributed by atoms with Gasteiger partial charge in [0.05, 0.1) is 5.04 Å². The summed E-state index contributed by atoms with van der Waals surface area (Å²) in [7, 11) is 1.69. The van der Waals surface area contributed by atoms with Gasteiger partial charge in [0.15, 0.2) is 0 Å². The number of hydrogen-bond donors (Lipinski definition) is 0. The third kappa shape index (κ3) is 3.51. The number of hydrogen-bond acceptors (Lipinski definition) is 3. The molecule has 0 aromatic heterocycles. The molecule has 0 unspecified atom stereocenters. The van der Waals surface area contributed by atoms with E-state index in [4.69, 9.17) is 0 Å². The van der Waals surface area contributed by atoms with Crippen molar-refractivity contribution in [2.45, 2.75) is 6.61 Å². The fourth-order valence-electron chi connectivity index (χ4n) is 1.12. The normalized spacial score (nSPS) is 11.9. The molecule has 0 aliphatic heterocycles. The molecule has 0 heterocycles. The van der Waals surface area contributed by atoms with Gasteiger partial charge in [-0.3, -0.25) is 4.99 Å². The van der Waals surface area contributed by atoms with Gasteiger partial charge in [0.1, 0.15) is 5.75 Å². The van der Waals surface area contributed by atoms with Crippen LogP contribution in [-0.4, -0.2) is 25.0 Å². The molecule has 0 aliphatic carbocycles. The van der Waals surface area contributed by atoms with Crippen LogP contribution in [0.4, 0.5) is 8.78 Å². The van der Waals surface area contributed by atoms with Crippen molar-refractivity contribution in [2.75, 3.05) is 13.3 Å². The monoisotopic (exact) mass is 231 g/mol. The van der Waals surface area contributed by atoms with Gasteiger partial charge in [-0.05, 0) is 30.5 Å². The summed E-state index contributed by atoms with van der Waals surface area (Å²) >= 11 is 1.50. The van der Waals surface area contributed by atoms with E-state index in [-0.39, 0.29) is 5.75 Å². The Morgan fingerprint density at radius 2 is 1.93 bits per heavy atom. The smallest absolute Gasteiger partial charge is 0.387 e.